The number of unbranched alkanes of at least 4 members (excludes halogenated alkanes) is 1. The van der Waals surface area contributed by atoms with E-state index in [-0.39, 0.29) is 37.6 Å². The predicted octanol–water partition coefficient (Wildman–Crippen LogP) is 2.00. The highest BCUT2D eigenvalue weighted by atomic mass is 16.6. The minimum Gasteiger partial charge on any atom is -0.481 e. The van der Waals surface area contributed by atoms with Crippen molar-refractivity contribution in [2.24, 2.45) is 0 Å². The minimum absolute atomic E-state index is 0.0224. The maximum absolute atomic E-state index is 11.4. The molecule has 6 nitrogen and oxygen atoms in total. The molecular weight excluding hydrogens is 264 g/mol. The number of carbonyl (C=O) groups excluding carboxylic acids is 1. The number of ether oxygens (including phenoxy) is 3. The average molecular weight is 290 g/mol. The fourth-order valence-corrected chi connectivity index (χ4v) is 1.51. The first kappa shape index (κ1) is 18.9. The van der Waals surface area contributed by atoms with Crippen LogP contribution in [0.15, 0.2) is 0 Å². The maximum atomic E-state index is 11.4. The van der Waals surface area contributed by atoms with Gasteiger partial charge in [0.15, 0.2) is 0 Å². The molecule has 20 heavy (non-hydrogen) atoms. The Morgan fingerprint density at radius 3 is 2.20 bits per heavy atom. The smallest absolute Gasteiger partial charge is 0.305 e. The summed E-state index contributed by atoms with van der Waals surface area (Å²) in [5.41, 5.74) is 0. The third-order valence-electron chi connectivity index (χ3n) is 2.57. The van der Waals surface area contributed by atoms with E-state index in [1.807, 2.05) is 20.8 Å². The van der Waals surface area contributed by atoms with Gasteiger partial charge in [-0.1, -0.05) is 0 Å². The van der Waals surface area contributed by atoms with E-state index in [0.29, 0.717) is 26.1 Å². The van der Waals surface area contributed by atoms with Crippen LogP contribution in [0.5, 0.6) is 0 Å². The van der Waals surface area contributed by atoms with E-state index in [0.717, 1.165) is 0 Å². The summed E-state index contributed by atoms with van der Waals surface area (Å²) >= 11 is 0. The molecule has 0 saturated carbocycles. The number of aliphatic carboxylic acids is 1. The highest BCUT2D eigenvalue weighted by Gasteiger charge is 2.10. The molecule has 0 fully saturated rings. The Morgan fingerprint density at radius 2 is 1.60 bits per heavy atom. The molecular formula is C14H26O6. The molecule has 6 heteroatoms. The molecule has 0 radical (unpaired) electrons. The number of rotatable bonds is 12. The second-order valence-electron chi connectivity index (χ2n) is 4.69. The SMILES string of the molecule is CCOC(C)COC(C)COC(=O)CCCCC(=O)O. The van der Waals surface area contributed by atoms with Gasteiger partial charge in [0.25, 0.3) is 0 Å². The van der Waals surface area contributed by atoms with Crippen LogP contribution in [0, 0.1) is 0 Å². The van der Waals surface area contributed by atoms with Crippen molar-refractivity contribution >= 4 is 11.9 Å². The second kappa shape index (κ2) is 11.7. The normalized spacial score (nSPS) is 13.8. The van der Waals surface area contributed by atoms with Crippen LogP contribution < -0.4 is 0 Å². The van der Waals surface area contributed by atoms with E-state index in [1.165, 1.54) is 0 Å². The lowest BCUT2D eigenvalue weighted by Gasteiger charge is -2.17. The second-order valence-corrected chi connectivity index (χ2v) is 4.69. The van der Waals surface area contributed by atoms with Gasteiger partial charge in [-0.2, -0.15) is 0 Å². The quantitative estimate of drug-likeness (QED) is 0.437. The Balaban J connectivity index is 3.55. The lowest BCUT2D eigenvalue weighted by atomic mass is 10.2. The van der Waals surface area contributed by atoms with Crippen LogP contribution >= 0.6 is 0 Å². The minimum atomic E-state index is -0.844. The zero-order chi connectivity index (χ0) is 15.4. The Labute approximate surface area is 120 Å². The van der Waals surface area contributed by atoms with E-state index in [9.17, 15) is 9.59 Å². The molecule has 0 aromatic heterocycles. The maximum Gasteiger partial charge on any atom is 0.305 e. The highest BCUT2D eigenvalue weighted by Crippen LogP contribution is 2.03. The lowest BCUT2D eigenvalue weighted by molar-refractivity contribution is -0.148. The molecule has 0 amide bonds. The first-order valence-corrected chi connectivity index (χ1v) is 7.06. The Morgan fingerprint density at radius 1 is 1.00 bits per heavy atom. The molecule has 118 valence electrons. The molecule has 1 N–H and O–H groups in total. The first-order chi connectivity index (χ1) is 9.45. The predicted molar refractivity (Wildman–Crippen MR) is 73.6 cm³/mol. The molecule has 2 atom stereocenters. The molecule has 0 aromatic carbocycles. The third kappa shape index (κ3) is 11.9. The Hall–Kier alpha value is -1.14. The molecule has 0 heterocycles. The number of carboxylic acids is 1. The number of hydrogen-bond donors (Lipinski definition) is 1. The number of carboxylic acid groups (broad SMARTS) is 1. The Kier molecular flexibility index (Phi) is 11.0. The summed E-state index contributed by atoms with van der Waals surface area (Å²) in [5, 5.41) is 8.45. The van der Waals surface area contributed by atoms with Gasteiger partial charge in [0.05, 0.1) is 18.8 Å². The van der Waals surface area contributed by atoms with Crippen LogP contribution in [-0.2, 0) is 23.8 Å². The number of carbonyl (C=O) groups is 2. The van der Waals surface area contributed by atoms with Crippen molar-refractivity contribution in [3.05, 3.63) is 0 Å². The molecule has 0 rings (SSSR count). The van der Waals surface area contributed by atoms with Crippen LogP contribution in [0.3, 0.4) is 0 Å². The van der Waals surface area contributed by atoms with Crippen molar-refractivity contribution in [1.82, 2.24) is 0 Å². The summed E-state index contributed by atoms with van der Waals surface area (Å²) in [7, 11) is 0. The summed E-state index contributed by atoms with van der Waals surface area (Å²) in [4.78, 5) is 21.7. The summed E-state index contributed by atoms with van der Waals surface area (Å²) in [6.45, 7) is 6.99. The van der Waals surface area contributed by atoms with Crippen molar-refractivity contribution in [3.63, 3.8) is 0 Å². The molecule has 0 aliphatic rings. The first-order valence-electron chi connectivity index (χ1n) is 7.06. The van der Waals surface area contributed by atoms with Crippen molar-refractivity contribution in [1.29, 1.82) is 0 Å². The summed E-state index contributed by atoms with van der Waals surface area (Å²) in [6, 6.07) is 0. The van der Waals surface area contributed by atoms with Gasteiger partial charge >= 0.3 is 11.9 Å². The molecule has 2 unspecified atom stereocenters. The lowest BCUT2D eigenvalue weighted by Crippen LogP contribution is -2.24. The van der Waals surface area contributed by atoms with Crippen LogP contribution in [0.2, 0.25) is 0 Å². The standard InChI is InChI=1S/C14H26O6/c1-4-18-11(2)9-19-12(3)10-20-14(17)8-6-5-7-13(15)16/h11-12H,4-10H2,1-3H3,(H,15,16). The summed E-state index contributed by atoms with van der Waals surface area (Å²) in [6.07, 6.45) is 1.19. The molecule has 0 spiro atoms. The van der Waals surface area contributed by atoms with E-state index in [4.69, 9.17) is 19.3 Å². The molecule has 0 aromatic rings. The van der Waals surface area contributed by atoms with Crippen molar-refractivity contribution < 1.29 is 28.9 Å². The van der Waals surface area contributed by atoms with E-state index >= 15 is 0 Å². The third-order valence-corrected chi connectivity index (χ3v) is 2.57. The fraction of sp³-hybridized carbons (Fsp3) is 0.857. The van der Waals surface area contributed by atoms with Gasteiger partial charge in [0.1, 0.15) is 6.61 Å². The van der Waals surface area contributed by atoms with Crippen molar-refractivity contribution in [3.8, 4) is 0 Å². The number of hydrogen-bond acceptors (Lipinski definition) is 5. The molecule has 0 aliphatic heterocycles. The Bertz CT molecular complexity index is 279. The summed E-state index contributed by atoms with van der Waals surface area (Å²) < 4.78 is 15.9. The topological polar surface area (TPSA) is 82.1 Å². The van der Waals surface area contributed by atoms with E-state index < -0.39 is 5.97 Å². The average Bonchev–Trinajstić information content (AvgIpc) is 2.39. The van der Waals surface area contributed by atoms with Crippen molar-refractivity contribution in [2.45, 2.75) is 58.7 Å². The van der Waals surface area contributed by atoms with Crippen molar-refractivity contribution in [2.75, 3.05) is 19.8 Å². The van der Waals surface area contributed by atoms with Gasteiger partial charge in [-0.05, 0) is 33.6 Å². The number of esters is 1. The van der Waals surface area contributed by atoms with Crippen LogP contribution in [0.4, 0.5) is 0 Å². The molecule has 0 bridgehead atoms. The van der Waals surface area contributed by atoms with Gasteiger partial charge in [0.2, 0.25) is 0 Å². The summed E-state index contributed by atoms with van der Waals surface area (Å²) in [5.74, 6) is -1.16. The zero-order valence-corrected chi connectivity index (χ0v) is 12.6. The monoisotopic (exact) mass is 290 g/mol. The highest BCUT2D eigenvalue weighted by molar-refractivity contribution is 5.69. The van der Waals surface area contributed by atoms with Gasteiger partial charge < -0.3 is 19.3 Å². The van der Waals surface area contributed by atoms with Crippen LogP contribution in [0.1, 0.15) is 46.5 Å². The van der Waals surface area contributed by atoms with Crippen LogP contribution in [0.25, 0.3) is 0 Å². The van der Waals surface area contributed by atoms with E-state index in [1.54, 1.807) is 0 Å². The zero-order valence-electron chi connectivity index (χ0n) is 12.6. The van der Waals surface area contributed by atoms with Gasteiger partial charge in [0, 0.05) is 19.4 Å². The van der Waals surface area contributed by atoms with Gasteiger partial charge in [-0.25, -0.2) is 0 Å². The molecule has 0 saturated heterocycles. The van der Waals surface area contributed by atoms with Crippen LogP contribution in [-0.4, -0.2) is 49.1 Å². The van der Waals surface area contributed by atoms with Gasteiger partial charge in [-0.15, -0.1) is 0 Å². The van der Waals surface area contributed by atoms with Gasteiger partial charge in [-0.3, -0.25) is 9.59 Å². The molecule has 0 aliphatic carbocycles. The largest absolute Gasteiger partial charge is 0.481 e. The van der Waals surface area contributed by atoms with E-state index in [2.05, 4.69) is 0 Å². The fourth-order valence-electron chi connectivity index (χ4n) is 1.51.